The summed E-state index contributed by atoms with van der Waals surface area (Å²) in [5.41, 5.74) is 2.55. The van der Waals surface area contributed by atoms with Crippen LogP contribution in [-0.2, 0) is 23.0 Å². The minimum atomic E-state index is -3.76. The summed E-state index contributed by atoms with van der Waals surface area (Å²) in [5.74, 6) is 1.46. The van der Waals surface area contributed by atoms with E-state index in [1.54, 1.807) is 16.8 Å². The number of nitrogens with two attached hydrogens (primary N) is 1. The van der Waals surface area contributed by atoms with Crippen molar-refractivity contribution in [2.45, 2.75) is 24.3 Å². The van der Waals surface area contributed by atoms with Crippen LogP contribution in [-0.4, -0.2) is 47.4 Å². The highest BCUT2D eigenvalue weighted by Gasteiger charge is 2.16. The number of hydrogen-bond donors (Lipinski definition) is 2. The zero-order valence-electron chi connectivity index (χ0n) is 17.0. The number of nitrogens with zero attached hydrogens (tertiary/aromatic N) is 4. The standard InChI is InChI=1S/C22H24N6O2S/c23-15-18-6-4-5-17(13-18)14-22-25-21(16-27-11-2-1-3-12-27)26-28(22)19-7-9-20(10-8-19)31(24,29)30/h1-2,4-10,13,15,23H,3,11-12,14,16H2,(H2,24,29,30). The van der Waals surface area contributed by atoms with Gasteiger partial charge in [-0.2, -0.15) is 0 Å². The molecule has 0 unspecified atom stereocenters. The van der Waals surface area contributed by atoms with Crippen molar-refractivity contribution in [3.05, 3.63) is 83.5 Å². The summed E-state index contributed by atoms with van der Waals surface area (Å²) in [6.45, 7) is 2.47. The molecule has 2 aromatic carbocycles. The Bertz CT molecular complexity index is 1220. The predicted molar refractivity (Wildman–Crippen MR) is 119 cm³/mol. The average molecular weight is 437 g/mol. The van der Waals surface area contributed by atoms with Gasteiger partial charge in [0.05, 0.1) is 17.1 Å². The summed E-state index contributed by atoms with van der Waals surface area (Å²) in [7, 11) is -3.76. The minimum absolute atomic E-state index is 0.0527. The molecule has 3 aromatic rings. The second-order valence-corrected chi connectivity index (χ2v) is 9.02. The molecule has 9 heteroatoms. The smallest absolute Gasteiger partial charge is 0.238 e. The van der Waals surface area contributed by atoms with Crippen LogP contribution in [0.4, 0.5) is 0 Å². The largest absolute Gasteiger partial charge is 0.308 e. The van der Waals surface area contributed by atoms with Crippen molar-refractivity contribution in [1.29, 1.82) is 5.41 Å². The molecule has 0 amide bonds. The summed E-state index contributed by atoms with van der Waals surface area (Å²) < 4.78 is 24.9. The second-order valence-electron chi connectivity index (χ2n) is 7.46. The third-order valence-electron chi connectivity index (χ3n) is 5.12. The summed E-state index contributed by atoms with van der Waals surface area (Å²) in [4.78, 5) is 7.12. The van der Waals surface area contributed by atoms with Gasteiger partial charge in [-0.1, -0.05) is 30.4 Å². The Kier molecular flexibility index (Phi) is 6.08. The molecule has 160 valence electrons. The van der Waals surface area contributed by atoms with Crippen molar-refractivity contribution in [3.63, 3.8) is 0 Å². The molecule has 4 rings (SSSR count). The normalized spacial score (nSPS) is 14.6. The highest BCUT2D eigenvalue weighted by atomic mass is 32.2. The van der Waals surface area contributed by atoms with Crippen molar-refractivity contribution in [3.8, 4) is 5.69 Å². The number of aromatic nitrogens is 3. The minimum Gasteiger partial charge on any atom is -0.308 e. The Morgan fingerprint density at radius 2 is 1.94 bits per heavy atom. The van der Waals surface area contributed by atoms with E-state index in [0.717, 1.165) is 36.5 Å². The first-order valence-corrected chi connectivity index (χ1v) is 11.5. The average Bonchev–Trinajstić information content (AvgIpc) is 3.16. The number of hydrogen-bond acceptors (Lipinski definition) is 6. The van der Waals surface area contributed by atoms with E-state index in [4.69, 9.17) is 20.6 Å². The molecular formula is C22H24N6O2S. The van der Waals surface area contributed by atoms with Crippen molar-refractivity contribution in [2.75, 3.05) is 13.1 Å². The first-order chi connectivity index (χ1) is 14.9. The maximum atomic E-state index is 11.6. The first-order valence-electron chi connectivity index (χ1n) is 9.97. The molecule has 1 aromatic heterocycles. The topological polar surface area (TPSA) is 118 Å². The molecule has 0 fully saturated rings. The Morgan fingerprint density at radius 1 is 1.13 bits per heavy atom. The van der Waals surface area contributed by atoms with E-state index in [9.17, 15) is 8.42 Å². The van der Waals surface area contributed by atoms with Gasteiger partial charge in [-0.05, 0) is 47.9 Å². The molecule has 0 saturated heterocycles. The lowest BCUT2D eigenvalue weighted by Gasteiger charge is -2.20. The lowest BCUT2D eigenvalue weighted by atomic mass is 10.1. The van der Waals surface area contributed by atoms with Crippen molar-refractivity contribution in [1.82, 2.24) is 19.7 Å². The zero-order valence-corrected chi connectivity index (χ0v) is 17.8. The molecule has 0 atom stereocenters. The van der Waals surface area contributed by atoms with E-state index >= 15 is 0 Å². The van der Waals surface area contributed by atoms with E-state index in [0.29, 0.717) is 24.5 Å². The van der Waals surface area contributed by atoms with Crippen molar-refractivity contribution >= 4 is 16.2 Å². The first kappa shape index (κ1) is 21.1. The van der Waals surface area contributed by atoms with Crippen LogP contribution in [0.3, 0.4) is 0 Å². The van der Waals surface area contributed by atoms with Gasteiger partial charge >= 0.3 is 0 Å². The summed E-state index contributed by atoms with van der Waals surface area (Å²) in [6.07, 6.45) is 7.19. The SMILES string of the molecule is N=Cc1cccc(Cc2nc(CN3CC=CCC3)nn2-c2ccc(S(N)(=O)=O)cc2)c1. The van der Waals surface area contributed by atoms with Gasteiger partial charge in [-0.3, -0.25) is 4.90 Å². The van der Waals surface area contributed by atoms with E-state index in [-0.39, 0.29) is 4.90 Å². The molecule has 1 aliphatic heterocycles. The van der Waals surface area contributed by atoms with Gasteiger partial charge < -0.3 is 5.41 Å². The quantitative estimate of drug-likeness (QED) is 0.435. The highest BCUT2D eigenvalue weighted by molar-refractivity contribution is 7.89. The van der Waals surface area contributed by atoms with Gasteiger partial charge in [-0.15, -0.1) is 5.10 Å². The molecule has 31 heavy (non-hydrogen) atoms. The number of primary sulfonamides is 1. The van der Waals surface area contributed by atoms with Crippen LogP contribution in [0.2, 0.25) is 0 Å². The van der Waals surface area contributed by atoms with Crippen LogP contribution < -0.4 is 5.14 Å². The van der Waals surface area contributed by atoms with Crippen LogP contribution in [0.1, 0.15) is 29.2 Å². The third kappa shape index (κ3) is 5.13. The van der Waals surface area contributed by atoms with E-state index in [2.05, 4.69) is 17.1 Å². The van der Waals surface area contributed by atoms with Crippen molar-refractivity contribution < 1.29 is 8.42 Å². The third-order valence-corrected chi connectivity index (χ3v) is 6.04. The van der Waals surface area contributed by atoms with Gasteiger partial charge in [0, 0.05) is 25.7 Å². The highest BCUT2D eigenvalue weighted by Crippen LogP contribution is 2.18. The van der Waals surface area contributed by atoms with Crippen LogP contribution in [0.5, 0.6) is 0 Å². The lowest BCUT2D eigenvalue weighted by molar-refractivity contribution is 0.283. The number of benzene rings is 2. The van der Waals surface area contributed by atoms with Crippen LogP contribution >= 0.6 is 0 Å². The number of nitrogens with one attached hydrogen (secondary N) is 1. The monoisotopic (exact) mass is 436 g/mol. The Hall–Kier alpha value is -3.14. The fraction of sp³-hybridized carbons (Fsp3) is 0.227. The molecule has 0 bridgehead atoms. The molecule has 0 spiro atoms. The molecular weight excluding hydrogens is 412 g/mol. The maximum Gasteiger partial charge on any atom is 0.238 e. The molecule has 8 nitrogen and oxygen atoms in total. The second kappa shape index (κ2) is 8.93. The zero-order chi connectivity index (χ0) is 21.8. The lowest BCUT2D eigenvalue weighted by Crippen LogP contribution is -2.27. The maximum absolute atomic E-state index is 11.6. The van der Waals surface area contributed by atoms with Crippen LogP contribution in [0.25, 0.3) is 5.69 Å². The van der Waals surface area contributed by atoms with Crippen LogP contribution in [0, 0.1) is 5.41 Å². The van der Waals surface area contributed by atoms with E-state index < -0.39 is 10.0 Å². The summed E-state index contributed by atoms with van der Waals surface area (Å²) in [5, 5.41) is 17.4. The molecule has 1 aliphatic rings. The van der Waals surface area contributed by atoms with E-state index in [1.807, 2.05) is 24.3 Å². The Labute approximate surface area is 181 Å². The number of sulfonamides is 1. The van der Waals surface area contributed by atoms with Gasteiger partial charge in [0.15, 0.2) is 5.82 Å². The Balaban J connectivity index is 1.68. The Morgan fingerprint density at radius 3 is 2.61 bits per heavy atom. The summed E-state index contributed by atoms with van der Waals surface area (Å²) >= 11 is 0. The molecule has 0 aliphatic carbocycles. The van der Waals surface area contributed by atoms with Crippen LogP contribution in [0.15, 0.2) is 65.6 Å². The predicted octanol–water partition coefficient (Wildman–Crippen LogP) is 2.27. The molecule has 0 saturated carbocycles. The van der Waals surface area contributed by atoms with E-state index in [1.165, 1.54) is 18.3 Å². The fourth-order valence-electron chi connectivity index (χ4n) is 3.57. The number of rotatable bonds is 7. The van der Waals surface area contributed by atoms with Gasteiger partial charge in [0.25, 0.3) is 0 Å². The molecule has 2 heterocycles. The molecule has 3 N–H and O–H groups in total. The summed E-state index contributed by atoms with van der Waals surface area (Å²) in [6, 6.07) is 14.0. The van der Waals surface area contributed by atoms with Gasteiger partial charge in [-0.25, -0.2) is 23.2 Å². The fourth-order valence-corrected chi connectivity index (χ4v) is 4.08. The van der Waals surface area contributed by atoms with Gasteiger partial charge in [0.2, 0.25) is 10.0 Å². The van der Waals surface area contributed by atoms with Gasteiger partial charge in [0.1, 0.15) is 5.82 Å². The van der Waals surface area contributed by atoms with Crippen molar-refractivity contribution in [2.24, 2.45) is 5.14 Å². The molecule has 0 radical (unpaired) electrons.